The Morgan fingerprint density at radius 1 is 1.15 bits per heavy atom. The Morgan fingerprint density at radius 3 is 2.54 bits per heavy atom. The molecule has 0 radical (unpaired) electrons. The number of nitrogens with one attached hydrogen (secondary N) is 2. The van der Waals surface area contributed by atoms with Gasteiger partial charge in [0, 0.05) is 23.4 Å². The van der Waals surface area contributed by atoms with Crippen LogP contribution in [0.4, 0.5) is 10.5 Å². The summed E-state index contributed by atoms with van der Waals surface area (Å²) in [6, 6.07) is 12.0. The average Bonchev–Trinajstić information content (AvgIpc) is 2.70. The van der Waals surface area contributed by atoms with Gasteiger partial charge >= 0.3 is 6.03 Å². The van der Waals surface area contributed by atoms with Crippen LogP contribution in [0.2, 0.25) is 0 Å². The summed E-state index contributed by atoms with van der Waals surface area (Å²) in [6.45, 7) is -11.3. The maximum atomic E-state index is 12.8. The van der Waals surface area contributed by atoms with Gasteiger partial charge in [0.15, 0.2) is 5.78 Å². The van der Waals surface area contributed by atoms with E-state index in [1.165, 1.54) is 18.2 Å². The zero-order valence-corrected chi connectivity index (χ0v) is 13.8. The molecule has 0 atom stereocenters. The molecule has 0 heterocycles. The number of hydrogen-bond donors (Lipinski definition) is 3. The molecule has 0 saturated heterocycles. The maximum absolute atomic E-state index is 12.8. The molecule has 138 valence electrons. The van der Waals surface area contributed by atoms with Gasteiger partial charge in [-0.15, -0.1) is 0 Å². The number of carbonyl (C=O) groups is 2. The van der Waals surface area contributed by atoms with Gasteiger partial charge < -0.3 is 21.1 Å². The van der Waals surface area contributed by atoms with Crippen LogP contribution >= 0.6 is 0 Å². The lowest BCUT2D eigenvalue weighted by Crippen LogP contribution is -2.39. The standard InChI is InChI=1S/C20H25N3O3/c1-20(2,3)22-12-17(24)15-9-10-18(16(11-15)23-19(21)25)26-13-14-7-5-4-6-8-14/h4-11,22H,12-13H2,1-3H3,(H3,21,23,25)/i1D3,2D3,3D3. The molecule has 4 N–H and O–H groups in total. The van der Waals surface area contributed by atoms with Crippen molar-refractivity contribution >= 4 is 17.5 Å². The van der Waals surface area contributed by atoms with Gasteiger partial charge in [-0.05, 0) is 44.3 Å². The molecule has 0 bridgehead atoms. The van der Waals surface area contributed by atoms with Crippen molar-refractivity contribution in [1.29, 1.82) is 0 Å². The summed E-state index contributed by atoms with van der Waals surface area (Å²) < 4.78 is 74.2. The molecule has 6 nitrogen and oxygen atoms in total. The molecule has 0 saturated carbocycles. The number of amides is 2. The number of Topliss-reactive ketones (excluding diaryl/α,β-unsaturated/α-hetero) is 1. The van der Waals surface area contributed by atoms with Crippen LogP contribution in [0.15, 0.2) is 48.5 Å². The zero-order chi connectivity index (χ0) is 26.7. The van der Waals surface area contributed by atoms with Gasteiger partial charge in [0.05, 0.1) is 12.2 Å². The largest absolute Gasteiger partial charge is 0.487 e. The van der Waals surface area contributed by atoms with Gasteiger partial charge in [0.25, 0.3) is 0 Å². The van der Waals surface area contributed by atoms with E-state index in [-0.39, 0.29) is 23.6 Å². The summed E-state index contributed by atoms with van der Waals surface area (Å²) >= 11 is 0. The predicted molar refractivity (Wildman–Crippen MR) is 103 cm³/mol. The molecule has 0 unspecified atom stereocenters. The van der Waals surface area contributed by atoms with E-state index in [1.807, 2.05) is 35.6 Å². The average molecular weight is 364 g/mol. The van der Waals surface area contributed by atoms with Crippen LogP contribution in [0.1, 0.15) is 48.8 Å². The fraction of sp³-hybridized carbons (Fsp3) is 0.300. The Kier molecular flexibility index (Phi) is 3.37. The fourth-order valence-electron chi connectivity index (χ4n) is 2.11. The number of carbonyl (C=O) groups excluding carboxylic acids is 2. The molecule has 2 aromatic carbocycles. The van der Waals surface area contributed by atoms with Crippen LogP contribution in [0.25, 0.3) is 0 Å². The highest BCUT2D eigenvalue weighted by atomic mass is 16.5. The number of nitrogens with two attached hydrogens (primary N) is 1. The van der Waals surface area contributed by atoms with Crippen LogP contribution in [0.5, 0.6) is 5.75 Å². The molecule has 2 aromatic rings. The zero-order valence-electron chi connectivity index (χ0n) is 22.8. The second-order valence-electron chi connectivity index (χ2n) is 5.50. The van der Waals surface area contributed by atoms with Crippen molar-refractivity contribution in [2.45, 2.75) is 32.7 Å². The van der Waals surface area contributed by atoms with Crippen LogP contribution in [-0.2, 0) is 6.61 Å². The van der Waals surface area contributed by atoms with E-state index in [2.05, 4.69) is 5.32 Å². The van der Waals surface area contributed by atoms with Crippen molar-refractivity contribution in [2.75, 3.05) is 11.9 Å². The number of hydrogen-bond acceptors (Lipinski definition) is 4. The van der Waals surface area contributed by atoms with E-state index in [0.29, 0.717) is 0 Å². The smallest absolute Gasteiger partial charge is 0.316 e. The van der Waals surface area contributed by atoms with Gasteiger partial charge in [-0.2, -0.15) is 0 Å². The van der Waals surface area contributed by atoms with E-state index >= 15 is 0 Å². The fourth-order valence-corrected chi connectivity index (χ4v) is 2.11. The van der Waals surface area contributed by atoms with E-state index in [1.54, 1.807) is 0 Å². The summed E-state index contributed by atoms with van der Waals surface area (Å²) in [4.78, 5) is 24.2. The Balaban J connectivity index is 2.32. The minimum atomic E-state index is -3.50. The molecule has 2 amide bonds. The minimum Gasteiger partial charge on any atom is -0.487 e. The van der Waals surface area contributed by atoms with Crippen molar-refractivity contribution in [3.05, 3.63) is 59.7 Å². The highest BCUT2D eigenvalue weighted by Gasteiger charge is 2.15. The monoisotopic (exact) mass is 364 g/mol. The first-order chi connectivity index (χ1) is 16.0. The van der Waals surface area contributed by atoms with Gasteiger partial charge in [0.2, 0.25) is 0 Å². The topological polar surface area (TPSA) is 93.4 Å². The molecule has 0 aromatic heterocycles. The summed E-state index contributed by atoms with van der Waals surface area (Å²) in [6.07, 6.45) is 0. The molecular weight excluding hydrogens is 330 g/mol. The molecule has 26 heavy (non-hydrogen) atoms. The summed E-state index contributed by atoms with van der Waals surface area (Å²) in [5, 5.41) is 4.31. The Bertz CT molecular complexity index is 1020. The summed E-state index contributed by atoms with van der Waals surface area (Å²) in [7, 11) is 0. The van der Waals surface area contributed by atoms with Crippen LogP contribution in [0.3, 0.4) is 0 Å². The van der Waals surface area contributed by atoms with Crippen molar-refractivity contribution in [2.24, 2.45) is 5.73 Å². The van der Waals surface area contributed by atoms with Gasteiger partial charge in [-0.25, -0.2) is 4.79 Å². The second-order valence-corrected chi connectivity index (χ2v) is 5.50. The number of ketones is 1. The lowest BCUT2D eigenvalue weighted by atomic mass is 10.1. The molecule has 0 aliphatic carbocycles. The van der Waals surface area contributed by atoms with Crippen molar-refractivity contribution in [3.63, 3.8) is 0 Å². The lowest BCUT2D eigenvalue weighted by Gasteiger charge is -2.20. The first-order valence-electron chi connectivity index (χ1n) is 12.1. The first-order valence-corrected chi connectivity index (χ1v) is 7.65. The van der Waals surface area contributed by atoms with Gasteiger partial charge in [-0.3, -0.25) is 4.79 Å². The SMILES string of the molecule is [2H]C([2H])([2H])C(NCC(=O)c1ccc(OCc2ccccc2)c(NC(N)=O)c1)(C([2H])([2H])[2H])C([2H])([2H])[2H]. The van der Waals surface area contributed by atoms with E-state index in [9.17, 15) is 9.59 Å². The van der Waals surface area contributed by atoms with E-state index < -0.39 is 44.5 Å². The predicted octanol–water partition coefficient (Wildman–Crippen LogP) is 3.33. The number of anilines is 1. The minimum absolute atomic E-state index is 0.0352. The van der Waals surface area contributed by atoms with Crippen LogP contribution < -0.4 is 21.1 Å². The third-order valence-corrected chi connectivity index (χ3v) is 3.31. The number of ether oxygens (including phenoxy) is 1. The number of urea groups is 1. The molecule has 6 heteroatoms. The van der Waals surface area contributed by atoms with Gasteiger partial charge in [-0.1, -0.05) is 30.3 Å². The third-order valence-electron chi connectivity index (χ3n) is 3.31. The lowest BCUT2D eigenvalue weighted by molar-refractivity contribution is 0.0982. The molecule has 0 aliphatic rings. The first kappa shape index (κ1) is 10.3. The summed E-state index contributed by atoms with van der Waals surface area (Å²) in [5.74, 6) is -0.645. The van der Waals surface area contributed by atoms with Gasteiger partial charge in [0.1, 0.15) is 12.4 Å². The molecule has 0 aliphatic heterocycles. The third kappa shape index (κ3) is 6.22. The van der Waals surface area contributed by atoms with Crippen molar-refractivity contribution < 1.29 is 26.7 Å². The van der Waals surface area contributed by atoms with E-state index in [0.717, 1.165) is 5.56 Å². The molecule has 0 spiro atoms. The number of rotatable bonds is 7. The Labute approximate surface area is 166 Å². The highest BCUT2D eigenvalue weighted by molar-refractivity contribution is 6.00. The highest BCUT2D eigenvalue weighted by Crippen LogP contribution is 2.27. The normalized spacial score (nSPS) is 17.6. The quantitative estimate of drug-likeness (QED) is 0.657. The maximum Gasteiger partial charge on any atom is 0.316 e. The Morgan fingerprint density at radius 2 is 1.88 bits per heavy atom. The van der Waals surface area contributed by atoms with Crippen molar-refractivity contribution in [3.8, 4) is 5.75 Å². The van der Waals surface area contributed by atoms with Crippen LogP contribution in [0, 0.1) is 0 Å². The van der Waals surface area contributed by atoms with Crippen LogP contribution in [-0.4, -0.2) is 23.9 Å². The molecule has 0 fully saturated rings. The second kappa shape index (κ2) is 8.49. The molecular formula is C20H25N3O3. The summed E-state index contributed by atoms with van der Waals surface area (Å²) in [5.41, 5.74) is 2.63. The number of primary amides is 1. The Hall–Kier alpha value is -2.86. The van der Waals surface area contributed by atoms with Crippen molar-refractivity contribution in [1.82, 2.24) is 5.32 Å². The number of benzene rings is 2. The van der Waals surface area contributed by atoms with E-state index in [4.69, 9.17) is 22.8 Å². The molecule has 2 rings (SSSR count).